The largest absolute Gasteiger partial charge is 0.376 e. The maximum absolute atomic E-state index is 13.4. The molecule has 0 aliphatic carbocycles. The van der Waals surface area contributed by atoms with E-state index in [2.05, 4.69) is 10.3 Å². The number of benzene rings is 1. The number of thioether (sulfide) groups is 1. The van der Waals surface area contributed by atoms with Gasteiger partial charge in [0, 0.05) is 19.3 Å². The minimum absolute atomic E-state index is 0.00143. The van der Waals surface area contributed by atoms with E-state index in [-0.39, 0.29) is 17.6 Å². The van der Waals surface area contributed by atoms with Gasteiger partial charge in [0.1, 0.15) is 15.8 Å². The van der Waals surface area contributed by atoms with Crippen LogP contribution in [0.3, 0.4) is 0 Å². The van der Waals surface area contributed by atoms with Gasteiger partial charge in [0.2, 0.25) is 0 Å². The molecular weight excluding hydrogens is 468 g/mol. The first-order valence-corrected chi connectivity index (χ1v) is 12.4. The summed E-state index contributed by atoms with van der Waals surface area (Å²) in [4.78, 5) is 33.2. The summed E-state index contributed by atoms with van der Waals surface area (Å²) in [7, 11) is 0. The van der Waals surface area contributed by atoms with Crippen LogP contribution in [-0.4, -0.2) is 43.8 Å². The molecule has 1 aromatic carbocycles. The zero-order valence-electron chi connectivity index (χ0n) is 18.7. The van der Waals surface area contributed by atoms with Crippen LogP contribution in [0.1, 0.15) is 29.5 Å². The van der Waals surface area contributed by atoms with Crippen molar-refractivity contribution in [3.05, 3.63) is 80.6 Å². The van der Waals surface area contributed by atoms with Gasteiger partial charge in [-0.2, -0.15) is 0 Å². The molecule has 0 spiro atoms. The summed E-state index contributed by atoms with van der Waals surface area (Å²) in [5, 5.41) is 3.30. The number of thiocarbonyl (C=S) groups is 1. The molecule has 1 amide bonds. The predicted octanol–water partition coefficient (Wildman–Crippen LogP) is 4.00. The van der Waals surface area contributed by atoms with E-state index < -0.39 is 0 Å². The van der Waals surface area contributed by atoms with Crippen LogP contribution in [-0.2, 0) is 16.1 Å². The van der Waals surface area contributed by atoms with Gasteiger partial charge in [-0.1, -0.05) is 59.9 Å². The number of nitrogens with one attached hydrogen (secondary N) is 1. The number of carbonyl (C=O) groups excluding carboxylic acids is 1. The van der Waals surface area contributed by atoms with Gasteiger partial charge in [-0.05, 0) is 43.5 Å². The number of anilines is 1. The van der Waals surface area contributed by atoms with Gasteiger partial charge in [0.05, 0.1) is 23.1 Å². The third kappa shape index (κ3) is 4.64. The number of amides is 1. The lowest BCUT2D eigenvalue weighted by Crippen LogP contribution is -2.35. The molecule has 7 nitrogen and oxygen atoms in total. The molecule has 2 aliphatic rings. The molecule has 0 bridgehead atoms. The van der Waals surface area contributed by atoms with Gasteiger partial charge in [-0.25, -0.2) is 4.98 Å². The van der Waals surface area contributed by atoms with E-state index in [0.29, 0.717) is 46.0 Å². The lowest BCUT2D eigenvalue weighted by Gasteiger charge is -2.18. The van der Waals surface area contributed by atoms with Crippen molar-refractivity contribution >= 4 is 51.7 Å². The summed E-state index contributed by atoms with van der Waals surface area (Å²) in [6.45, 7) is 3.69. The summed E-state index contributed by atoms with van der Waals surface area (Å²) in [6, 6.07) is 13.5. The van der Waals surface area contributed by atoms with Crippen molar-refractivity contribution < 1.29 is 9.53 Å². The number of nitrogens with zero attached hydrogens (tertiary/aromatic N) is 3. The van der Waals surface area contributed by atoms with Crippen LogP contribution in [0.2, 0.25) is 0 Å². The van der Waals surface area contributed by atoms with Crippen molar-refractivity contribution in [1.82, 2.24) is 14.3 Å². The number of rotatable bonds is 6. The molecule has 2 fully saturated rings. The van der Waals surface area contributed by atoms with Crippen LogP contribution in [0.5, 0.6) is 0 Å². The molecule has 1 unspecified atom stereocenters. The van der Waals surface area contributed by atoms with Crippen LogP contribution in [0.4, 0.5) is 5.82 Å². The van der Waals surface area contributed by atoms with Crippen molar-refractivity contribution in [2.24, 2.45) is 0 Å². The summed E-state index contributed by atoms with van der Waals surface area (Å²) < 4.78 is 7.64. The van der Waals surface area contributed by atoms with E-state index in [0.717, 1.165) is 18.4 Å². The second-order valence-electron chi connectivity index (χ2n) is 8.37. The van der Waals surface area contributed by atoms with Gasteiger partial charge in [-0.15, -0.1) is 0 Å². The maximum atomic E-state index is 13.4. The molecule has 1 atom stereocenters. The summed E-state index contributed by atoms with van der Waals surface area (Å²) in [5.41, 5.74) is 2.85. The van der Waals surface area contributed by atoms with Crippen LogP contribution < -0.4 is 10.9 Å². The Bertz CT molecular complexity index is 1340. The second-order valence-corrected chi connectivity index (χ2v) is 10.1. The molecule has 2 aromatic heterocycles. The number of aryl methyl sites for hydroxylation is 1. The summed E-state index contributed by atoms with van der Waals surface area (Å²) >= 11 is 6.68. The topological polar surface area (TPSA) is 75.9 Å². The van der Waals surface area contributed by atoms with Crippen LogP contribution in [0, 0.1) is 6.92 Å². The Hall–Kier alpha value is -3.01. The quantitative estimate of drug-likeness (QED) is 0.412. The number of hydrogen-bond acceptors (Lipinski definition) is 7. The minimum atomic E-state index is -0.249. The molecule has 174 valence electrons. The van der Waals surface area contributed by atoms with Crippen molar-refractivity contribution in [1.29, 1.82) is 0 Å². The fourth-order valence-electron chi connectivity index (χ4n) is 4.04. The van der Waals surface area contributed by atoms with Crippen LogP contribution in [0.25, 0.3) is 11.7 Å². The molecule has 2 aliphatic heterocycles. The lowest BCUT2D eigenvalue weighted by molar-refractivity contribution is -0.123. The Balaban J connectivity index is 1.49. The van der Waals surface area contributed by atoms with Crippen LogP contribution >= 0.6 is 24.0 Å². The van der Waals surface area contributed by atoms with E-state index in [1.54, 1.807) is 29.3 Å². The van der Waals surface area contributed by atoms with Crippen molar-refractivity contribution in [3.63, 3.8) is 0 Å². The van der Waals surface area contributed by atoms with E-state index in [9.17, 15) is 9.59 Å². The first-order valence-electron chi connectivity index (χ1n) is 11.2. The summed E-state index contributed by atoms with van der Waals surface area (Å²) in [6.07, 6.45) is 5.20. The molecule has 0 saturated carbocycles. The second kappa shape index (κ2) is 9.69. The number of carbonyl (C=O) groups is 1. The molecular formula is C25H24N4O3S2. The highest BCUT2D eigenvalue weighted by atomic mass is 32.2. The average Bonchev–Trinajstić information content (AvgIpc) is 3.45. The molecule has 0 radical (unpaired) electrons. The highest BCUT2D eigenvalue weighted by Crippen LogP contribution is 2.34. The molecule has 1 N–H and O–H groups in total. The standard InChI is InChI=1S/C25H24N4O3S2/c1-16-7-9-17(10-8-16)14-26-22-19(23(30)28-11-3-2-6-21(28)27-22)13-20-24(31)29(25(33)34-20)15-18-5-4-12-32-18/h2-3,6-11,13,18,26H,4-5,12,14-15H2,1H3/b20-13+. The van der Waals surface area contributed by atoms with E-state index in [1.165, 1.54) is 21.7 Å². The number of fused-ring (bicyclic) bond motifs is 1. The molecule has 9 heteroatoms. The molecule has 4 heterocycles. The predicted molar refractivity (Wildman–Crippen MR) is 139 cm³/mol. The first kappa shape index (κ1) is 22.8. The third-order valence-electron chi connectivity index (χ3n) is 5.91. The molecule has 34 heavy (non-hydrogen) atoms. The van der Waals surface area contributed by atoms with Crippen molar-refractivity contribution in [2.45, 2.75) is 32.4 Å². The van der Waals surface area contributed by atoms with Crippen molar-refractivity contribution in [2.75, 3.05) is 18.5 Å². The number of pyridine rings is 1. The van der Waals surface area contributed by atoms with Crippen molar-refractivity contribution in [3.8, 4) is 0 Å². The Morgan fingerprint density at radius 1 is 1.24 bits per heavy atom. The van der Waals surface area contributed by atoms with Gasteiger partial charge in [0.25, 0.3) is 11.5 Å². The Labute approximate surface area is 206 Å². The highest BCUT2D eigenvalue weighted by Gasteiger charge is 2.35. The van der Waals surface area contributed by atoms with E-state index >= 15 is 0 Å². The van der Waals surface area contributed by atoms with Gasteiger partial charge in [-0.3, -0.25) is 18.9 Å². The Kier molecular flexibility index (Phi) is 6.49. The number of ether oxygens (including phenoxy) is 1. The first-order chi connectivity index (χ1) is 16.5. The Morgan fingerprint density at radius 3 is 2.82 bits per heavy atom. The van der Waals surface area contributed by atoms with E-state index in [1.807, 2.05) is 37.3 Å². The Morgan fingerprint density at radius 2 is 2.06 bits per heavy atom. The highest BCUT2D eigenvalue weighted by molar-refractivity contribution is 8.26. The summed E-state index contributed by atoms with van der Waals surface area (Å²) in [5.74, 6) is 0.230. The normalized spacial score (nSPS) is 19.5. The minimum Gasteiger partial charge on any atom is -0.376 e. The van der Waals surface area contributed by atoms with Crippen LogP contribution in [0.15, 0.2) is 58.4 Å². The monoisotopic (exact) mass is 492 g/mol. The van der Waals surface area contributed by atoms with E-state index in [4.69, 9.17) is 17.0 Å². The SMILES string of the molecule is Cc1ccc(CNc2nc3ccccn3c(=O)c2/C=C2/SC(=S)N(CC3CCCO3)C2=O)cc1. The number of hydrogen-bond donors (Lipinski definition) is 1. The lowest BCUT2D eigenvalue weighted by atomic mass is 10.1. The number of aromatic nitrogens is 2. The zero-order valence-corrected chi connectivity index (χ0v) is 20.3. The molecule has 2 saturated heterocycles. The third-order valence-corrected chi connectivity index (χ3v) is 7.29. The fraction of sp³-hybridized carbons (Fsp3) is 0.280. The average molecular weight is 493 g/mol. The zero-order chi connectivity index (χ0) is 23.7. The smallest absolute Gasteiger partial charge is 0.267 e. The molecule has 3 aromatic rings. The van der Waals surface area contributed by atoms with Gasteiger partial charge in [0.15, 0.2) is 0 Å². The molecule has 5 rings (SSSR count). The maximum Gasteiger partial charge on any atom is 0.267 e. The van der Waals surface area contributed by atoms with Gasteiger partial charge >= 0.3 is 0 Å². The fourth-order valence-corrected chi connectivity index (χ4v) is 5.30. The van der Waals surface area contributed by atoms with Gasteiger partial charge < -0.3 is 10.1 Å².